The summed E-state index contributed by atoms with van der Waals surface area (Å²) in [6, 6.07) is 11.4. The summed E-state index contributed by atoms with van der Waals surface area (Å²) in [6.45, 7) is 3.79. The molecule has 0 radical (unpaired) electrons. The first kappa shape index (κ1) is 22.5. The predicted octanol–water partition coefficient (Wildman–Crippen LogP) is 3.60. The molecule has 0 bridgehead atoms. The van der Waals surface area contributed by atoms with Crippen molar-refractivity contribution in [2.75, 3.05) is 26.2 Å². The van der Waals surface area contributed by atoms with Crippen molar-refractivity contribution in [3.05, 3.63) is 64.7 Å². The largest absolute Gasteiger partial charge is 0.416 e. The van der Waals surface area contributed by atoms with Gasteiger partial charge in [0, 0.05) is 49.8 Å². The van der Waals surface area contributed by atoms with Crippen molar-refractivity contribution < 1.29 is 21.6 Å². The van der Waals surface area contributed by atoms with Crippen molar-refractivity contribution in [2.45, 2.75) is 36.1 Å². The first-order valence-corrected chi connectivity index (χ1v) is 11.9. The molecule has 0 aromatic heterocycles. The van der Waals surface area contributed by atoms with Crippen molar-refractivity contribution in [1.82, 2.24) is 14.5 Å². The lowest BCUT2D eigenvalue weighted by Crippen LogP contribution is -2.49. The van der Waals surface area contributed by atoms with E-state index in [4.69, 9.17) is 11.6 Å². The molecule has 31 heavy (non-hydrogen) atoms. The Morgan fingerprint density at radius 3 is 2.58 bits per heavy atom. The molecule has 2 fully saturated rings. The van der Waals surface area contributed by atoms with Crippen LogP contribution in [0.3, 0.4) is 0 Å². The lowest BCUT2D eigenvalue weighted by Gasteiger charge is -2.37. The van der Waals surface area contributed by atoms with Crippen molar-refractivity contribution in [1.29, 1.82) is 0 Å². The Balaban J connectivity index is 1.39. The number of nitrogens with one attached hydrogen (secondary N) is 1. The Bertz CT molecular complexity index is 1050. The molecule has 1 N–H and O–H groups in total. The molecule has 2 heterocycles. The van der Waals surface area contributed by atoms with Crippen LogP contribution in [0.25, 0.3) is 0 Å². The van der Waals surface area contributed by atoms with Gasteiger partial charge in [-0.25, -0.2) is 13.1 Å². The monoisotopic (exact) mass is 473 g/mol. The Morgan fingerprint density at radius 2 is 1.84 bits per heavy atom. The summed E-state index contributed by atoms with van der Waals surface area (Å²) < 4.78 is 66.8. The average molecular weight is 474 g/mol. The summed E-state index contributed by atoms with van der Waals surface area (Å²) in [7, 11) is -4.04. The molecule has 2 aliphatic heterocycles. The molecule has 168 valence electrons. The summed E-state index contributed by atoms with van der Waals surface area (Å²) in [6.07, 6.45) is -3.98. The fourth-order valence-corrected chi connectivity index (χ4v) is 5.86. The molecule has 5 nitrogen and oxygen atoms in total. The van der Waals surface area contributed by atoms with E-state index >= 15 is 0 Å². The smallest absolute Gasteiger partial charge is 0.296 e. The maximum Gasteiger partial charge on any atom is 0.416 e. The standard InChI is InChI=1S/C21H23ClF3N3O2S/c22-17-5-1-3-15(9-17)12-27-7-8-28-13-18(11-19(28)14-27)26-31(29,30)20-6-2-4-16(10-20)21(23,24)25/h1-6,9-10,18-19,26H,7-8,11-14H2/t18-,19-/m0/s1. The number of fused-ring (bicyclic) bond motifs is 1. The highest BCUT2D eigenvalue weighted by molar-refractivity contribution is 7.89. The molecule has 0 amide bonds. The fraction of sp³-hybridized carbons (Fsp3) is 0.429. The number of nitrogens with zero attached hydrogens (tertiary/aromatic N) is 2. The Hall–Kier alpha value is -1.65. The summed E-state index contributed by atoms with van der Waals surface area (Å²) >= 11 is 6.06. The zero-order valence-corrected chi connectivity index (χ0v) is 18.2. The van der Waals surface area contributed by atoms with E-state index in [1.165, 1.54) is 6.07 Å². The van der Waals surface area contributed by atoms with Crippen LogP contribution in [0.4, 0.5) is 13.2 Å². The van der Waals surface area contributed by atoms with Crippen LogP contribution in [0.2, 0.25) is 5.02 Å². The highest BCUT2D eigenvalue weighted by atomic mass is 35.5. The van der Waals surface area contributed by atoms with E-state index in [1.54, 1.807) is 0 Å². The molecule has 0 saturated carbocycles. The second-order valence-electron chi connectivity index (χ2n) is 8.09. The first-order valence-electron chi connectivity index (χ1n) is 10.0. The number of hydrogen-bond donors (Lipinski definition) is 1. The van der Waals surface area contributed by atoms with Crippen molar-refractivity contribution in [2.24, 2.45) is 0 Å². The van der Waals surface area contributed by atoms with Crippen LogP contribution >= 0.6 is 11.6 Å². The SMILES string of the molecule is O=S(=O)(N[C@H]1C[C@H]2CN(Cc3cccc(Cl)c3)CCN2C1)c1cccc(C(F)(F)F)c1. The predicted molar refractivity (Wildman–Crippen MR) is 112 cm³/mol. The average Bonchev–Trinajstić information content (AvgIpc) is 3.08. The molecule has 4 rings (SSSR count). The number of halogens is 4. The van der Waals surface area contributed by atoms with Crippen molar-refractivity contribution in [3.63, 3.8) is 0 Å². The van der Waals surface area contributed by atoms with Crippen molar-refractivity contribution in [3.8, 4) is 0 Å². The molecule has 2 saturated heterocycles. The highest BCUT2D eigenvalue weighted by Crippen LogP contribution is 2.31. The lowest BCUT2D eigenvalue weighted by atomic mass is 10.1. The number of rotatable bonds is 5. The van der Waals surface area contributed by atoms with E-state index in [-0.39, 0.29) is 17.0 Å². The van der Waals surface area contributed by atoms with E-state index in [1.807, 2.05) is 24.3 Å². The van der Waals surface area contributed by atoms with Crippen molar-refractivity contribution >= 4 is 21.6 Å². The zero-order valence-electron chi connectivity index (χ0n) is 16.6. The first-order chi connectivity index (χ1) is 14.6. The van der Waals surface area contributed by atoms with Gasteiger partial charge in [0.25, 0.3) is 0 Å². The van der Waals surface area contributed by atoms with Gasteiger partial charge in [-0.2, -0.15) is 13.2 Å². The van der Waals surface area contributed by atoms with Gasteiger partial charge in [0.2, 0.25) is 10.0 Å². The summed E-state index contributed by atoms with van der Waals surface area (Å²) in [5.74, 6) is 0. The van der Waals surface area contributed by atoms with E-state index in [0.717, 1.165) is 43.9 Å². The number of piperazine rings is 1. The molecule has 0 unspecified atom stereocenters. The number of hydrogen-bond acceptors (Lipinski definition) is 4. The molecule has 2 aliphatic rings. The Labute approximate surface area is 184 Å². The van der Waals surface area contributed by atoms with Crippen LogP contribution < -0.4 is 4.72 Å². The molecule has 2 atom stereocenters. The minimum absolute atomic E-state index is 0.196. The van der Waals surface area contributed by atoms with Gasteiger partial charge in [-0.05, 0) is 42.3 Å². The molecule has 0 aliphatic carbocycles. The molecular formula is C21H23ClF3N3O2S. The number of sulfonamides is 1. The maximum atomic E-state index is 12.9. The van der Waals surface area contributed by atoms with Crippen LogP contribution in [0.1, 0.15) is 17.5 Å². The molecule has 10 heteroatoms. The lowest BCUT2D eigenvalue weighted by molar-refractivity contribution is -0.137. The van der Waals surface area contributed by atoms with Gasteiger partial charge >= 0.3 is 6.18 Å². The zero-order chi connectivity index (χ0) is 22.2. The maximum absolute atomic E-state index is 12.9. The second-order valence-corrected chi connectivity index (χ2v) is 10.2. The van der Waals surface area contributed by atoms with Crippen LogP contribution in [0.15, 0.2) is 53.4 Å². The molecule has 2 aromatic carbocycles. The van der Waals surface area contributed by atoms with Crippen LogP contribution in [0.5, 0.6) is 0 Å². The van der Waals surface area contributed by atoms with E-state index in [0.29, 0.717) is 24.1 Å². The normalized spacial score (nSPS) is 23.1. The third-order valence-corrected chi connectivity index (χ3v) is 7.54. The summed E-state index contributed by atoms with van der Waals surface area (Å²) in [5.41, 5.74) is 0.150. The quantitative estimate of drug-likeness (QED) is 0.721. The highest BCUT2D eigenvalue weighted by Gasteiger charge is 2.38. The summed E-state index contributed by atoms with van der Waals surface area (Å²) in [5, 5.41) is 0.695. The van der Waals surface area contributed by atoms with Gasteiger partial charge in [-0.15, -0.1) is 0 Å². The van der Waals surface area contributed by atoms with Gasteiger partial charge in [0.05, 0.1) is 10.5 Å². The van der Waals surface area contributed by atoms with Gasteiger partial charge in [-0.1, -0.05) is 29.8 Å². The Kier molecular flexibility index (Phi) is 6.33. The van der Waals surface area contributed by atoms with E-state index in [2.05, 4.69) is 14.5 Å². The summed E-state index contributed by atoms with van der Waals surface area (Å²) in [4.78, 5) is 4.19. The minimum Gasteiger partial charge on any atom is -0.296 e. The van der Waals surface area contributed by atoms with E-state index in [9.17, 15) is 21.6 Å². The topological polar surface area (TPSA) is 52.7 Å². The minimum atomic E-state index is -4.59. The molecular weight excluding hydrogens is 451 g/mol. The number of alkyl halides is 3. The van der Waals surface area contributed by atoms with Crippen LogP contribution in [-0.2, 0) is 22.7 Å². The second kappa shape index (κ2) is 8.71. The third kappa shape index (κ3) is 5.40. The third-order valence-electron chi connectivity index (χ3n) is 5.79. The van der Waals surface area contributed by atoms with Gasteiger partial charge in [0.15, 0.2) is 0 Å². The van der Waals surface area contributed by atoms with Gasteiger partial charge in [-0.3, -0.25) is 9.80 Å². The van der Waals surface area contributed by atoms with Crippen LogP contribution in [-0.4, -0.2) is 56.5 Å². The molecule has 2 aromatic rings. The van der Waals surface area contributed by atoms with E-state index < -0.39 is 21.8 Å². The van der Waals surface area contributed by atoms with Crippen LogP contribution in [0, 0.1) is 0 Å². The Morgan fingerprint density at radius 1 is 1.06 bits per heavy atom. The number of benzene rings is 2. The fourth-order valence-electron chi connectivity index (χ4n) is 4.36. The van der Waals surface area contributed by atoms with Gasteiger partial charge < -0.3 is 0 Å². The molecule has 0 spiro atoms. The van der Waals surface area contributed by atoms with Gasteiger partial charge in [0.1, 0.15) is 0 Å².